The highest BCUT2D eigenvalue weighted by Gasteiger charge is 2.24. The topological polar surface area (TPSA) is 66.5 Å². The van der Waals surface area contributed by atoms with Crippen molar-refractivity contribution < 1.29 is 13.2 Å². The summed E-state index contributed by atoms with van der Waals surface area (Å²) in [6, 6.07) is 13.0. The van der Waals surface area contributed by atoms with Crippen molar-refractivity contribution in [3.8, 4) is 0 Å². The number of aryl methyl sites for hydroxylation is 2. The molecule has 0 unspecified atom stereocenters. The lowest BCUT2D eigenvalue weighted by molar-refractivity contribution is -0.118. The van der Waals surface area contributed by atoms with Crippen molar-refractivity contribution in [3.63, 3.8) is 0 Å². The van der Waals surface area contributed by atoms with Gasteiger partial charge in [-0.05, 0) is 55.0 Å². The fourth-order valence-electron chi connectivity index (χ4n) is 3.49. The summed E-state index contributed by atoms with van der Waals surface area (Å²) in [7, 11) is -3.51. The van der Waals surface area contributed by atoms with Crippen LogP contribution in [0, 0.1) is 12.8 Å². The molecule has 0 radical (unpaired) electrons. The first-order valence-corrected chi connectivity index (χ1v) is 11.4. The van der Waals surface area contributed by atoms with Gasteiger partial charge in [-0.3, -0.25) is 9.52 Å². The maximum absolute atomic E-state index is 12.6. The van der Waals surface area contributed by atoms with Crippen LogP contribution >= 0.6 is 0 Å². The molecule has 0 saturated carbocycles. The van der Waals surface area contributed by atoms with Gasteiger partial charge in [-0.1, -0.05) is 43.7 Å². The zero-order chi connectivity index (χ0) is 20.3. The Bertz CT molecular complexity index is 967. The van der Waals surface area contributed by atoms with Gasteiger partial charge in [-0.15, -0.1) is 0 Å². The highest BCUT2D eigenvalue weighted by Crippen LogP contribution is 2.31. The van der Waals surface area contributed by atoms with Crippen molar-refractivity contribution >= 4 is 27.3 Å². The van der Waals surface area contributed by atoms with Gasteiger partial charge in [0.15, 0.2) is 0 Å². The largest absolute Gasteiger partial charge is 0.312 e. The molecule has 0 saturated heterocycles. The van der Waals surface area contributed by atoms with Crippen LogP contribution in [0.1, 0.15) is 43.4 Å². The number of sulfonamides is 1. The molecule has 2 aromatic carbocycles. The van der Waals surface area contributed by atoms with E-state index in [1.807, 2.05) is 48.2 Å². The van der Waals surface area contributed by atoms with Gasteiger partial charge in [-0.2, -0.15) is 0 Å². The number of fused-ring (bicyclic) bond motifs is 1. The molecule has 0 aliphatic carbocycles. The second-order valence-electron chi connectivity index (χ2n) is 7.92. The Morgan fingerprint density at radius 1 is 1.11 bits per heavy atom. The van der Waals surface area contributed by atoms with E-state index >= 15 is 0 Å². The monoisotopic (exact) mass is 400 g/mol. The van der Waals surface area contributed by atoms with Gasteiger partial charge in [-0.25, -0.2) is 8.42 Å². The van der Waals surface area contributed by atoms with E-state index in [0.717, 1.165) is 28.8 Å². The van der Waals surface area contributed by atoms with Crippen LogP contribution in [0.5, 0.6) is 0 Å². The molecule has 0 atom stereocenters. The van der Waals surface area contributed by atoms with E-state index in [1.54, 1.807) is 6.07 Å². The molecule has 1 heterocycles. The fraction of sp³-hybridized carbons (Fsp3) is 0.409. The lowest BCUT2D eigenvalue weighted by atomic mass is 9.99. The summed E-state index contributed by atoms with van der Waals surface area (Å²) in [5, 5.41) is 0. The van der Waals surface area contributed by atoms with E-state index in [0.29, 0.717) is 31.0 Å². The number of carbonyl (C=O) groups is 1. The van der Waals surface area contributed by atoms with Crippen molar-refractivity contribution in [2.45, 2.75) is 45.8 Å². The molecule has 28 heavy (non-hydrogen) atoms. The van der Waals surface area contributed by atoms with Crippen LogP contribution in [0.25, 0.3) is 0 Å². The van der Waals surface area contributed by atoms with Crippen molar-refractivity contribution in [1.29, 1.82) is 0 Å². The summed E-state index contributed by atoms with van der Waals surface area (Å²) in [5.41, 5.74) is 4.26. The molecule has 3 rings (SSSR count). The maximum Gasteiger partial charge on any atom is 0.236 e. The third kappa shape index (κ3) is 5.13. The van der Waals surface area contributed by atoms with Crippen LogP contribution in [0.2, 0.25) is 0 Å². The summed E-state index contributed by atoms with van der Waals surface area (Å²) in [5.74, 6) is 0.594. The smallest absolute Gasteiger partial charge is 0.236 e. The number of rotatable bonds is 7. The highest BCUT2D eigenvalue weighted by molar-refractivity contribution is 7.91. The third-order valence-corrected chi connectivity index (χ3v) is 6.18. The molecule has 0 spiro atoms. The summed E-state index contributed by atoms with van der Waals surface area (Å²) in [4.78, 5) is 14.2. The molecule has 1 amide bonds. The lowest BCUT2D eigenvalue weighted by Gasteiger charge is -2.30. The summed E-state index contributed by atoms with van der Waals surface area (Å²) < 4.78 is 27.8. The Kier molecular flexibility index (Phi) is 6.08. The standard InChI is InChI=1S/C22H28N2O3S/c1-16(2)11-12-24-21-9-8-20(14-19(21)7-10-22(24)25)23-28(26,27)15-18-6-4-5-17(3)13-18/h4-6,8-9,13-14,16,23H,7,10-12,15H2,1-3H3. The Balaban J connectivity index is 1.76. The zero-order valence-electron chi connectivity index (χ0n) is 16.7. The van der Waals surface area contributed by atoms with Crippen LogP contribution in [-0.4, -0.2) is 20.9 Å². The Morgan fingerprint density at radius 3 is 2.61 bits per heavy atom. The zero-order valence-corrected chi connectivity index (χ0v) is 17.6. The Morgan fingerprint density at radius 2 is 1.89 bits per heavy atom. The maximum atomic E-state index is 12.6. The van der Waals surface area contributed by atoms with Gasteiger partial charge in [0.25, 0.3) is 0 Å². The predicted molar refractivity (Wildman–Crippen MR) is 114 cm³/mol. The van der Waals surface area contributed by atoms with Gasteiger partial charge < -0.3 is 4.90 Å². The molecule has 1 aliphatic rings. The molecule has 0 fully saturated rings. The van der Waals surface area contributed by atoms with E-state index in [-0.39, 0.29) is 11.7 Å². The van der Waals surface area contributed by atoms with E-state index in [9.17, 15) is 13.2 Å². The first-order valence-electron chi connectivity index (χ1n) is 9.73. The molecule has 1 N–H and O–H groups in total. The average molecular weight is 401 g/mol. The van der Waals surface area contributed by atoms with Crippen molar-refractivity contribution in [2.75, 3.05) is 16.2 Å². The molecular weight excluding hydrogens is 372 g/mol. The number of nitrogens with zero attached hydrogens (tertiary/aromatic N) is 1. The normalized spacial score (nSPS) is 14.3. The minimum atomic E-state index is -3.51. The molecule has 5 nitrogen and oxygen atoms in total. The van der Waals surface area contributed by atoms with Gasteiger partial charge >= 0.3 is 0 Å². The SMILES string of the molecule is Cc1cccc(CS(=O)(=O)Nc2ccc3c(c2)CCC(=O)N3CCC(C)C)c1. The summed E-state index contributed by atoms with van der Waals surface area (Å²) in [6.45, 7) is 6.92. The number of benzene rings is 2. The quantitative estimate of drug-likeness (QED) is 0.755. The first kappa shape index (κ1) is 20.4. The Labute approximate surface area is 167 Å². The van der Waals surface area contributed by atoms with Crippen LogP contribution in [0.15, 0.2) is 42.5 Å². The minimum absolute atomic E-state index is 0.0647. The summed E-state index contributed by atoms with van der Waals surface area (Å²) in [6.07, 6.45) is 2.04. The number of nitrogens with one attached hydrogen (secondary N) is 1. The van der Waals surface area contributed by atoms with Gasteiger partial charge in [0.2, 0.25) is 15.9 Å². The van der Waals surface area contributed by atoms with Crippen LogP contribution in [0.3, 0.4) is 0 Å². The van der Waals surface area contributed by atoms with E-state index in [1.165, 1.54) is 0 Å². The van der Waals surface area contributed by atoms with Crippen molar-refractivity contribution in [1.82, 2.24) is 0 Å². The second-order valence-corrected chi connectivity index (χ2v) is 9.64. The molecule has 2 aromatic rings. The van der Waals surface area contributed by atoms with Crippen molar-refractivity contribution in [2.24, 2.45) is 5.92 Å². The number of hydrogen-bond acceptors (Lipinski definition) is 3. The van der Waals surface area contributed by atoms with Crippen LogP contribution in [0.4, 0.5) is 11.4 Å². The molecule has 1 aliphatic heterocycles. The molecule has 6 heteroatoms. The van der Waals surface area contributed by atoms with Gasteiger partial charge in [0.1, 0.15) is 0 Å². The highest BCUT2D eigenvalue weighted by atomic mass is 32.2. The van der Waals surface area contributed by atoms with E-state index < -0.39 is 10.0 Å². The average Bonchev–Trinajstić information content (AvgIpc) is 2.60. The fourth-order valence-corrected chi connectivity index (χ4v) is 4.67. The Hall–Kier alpha value is -2.34. The van der Waals surface area contributed by atoms with Gasteiger partial charge in [0, 0.05) is 24.3 Å². The molecule has 150 valence electrons. The van der Waals surface area contributed by atoms with Crippen LogP contribution < -0.4 is 9.62 Å². The van der Waals surface area contributed by atoms with Crippen molar-refractivity contribution in [3.05, 3.63) is 59.2 Å². The van der Waals surface area contributed by atoms with E-state index in [2.05, 4.69) is 18.6 Å². The number of anilines is 2. The number of carbonyl (C=O) groups excluding carboxylic acids is 1. The first-order chi connectivity index (χ1) is 13.2. The number of amides is 1. The van der Waals surface area contributed by atoms with Gasteiger partial charge in [0.05, 0.1) is 5.75 Å². The molecule has 0 bridgehead atoms. The minimum Gasteiger partial charge on any atom is -0.312 e. The summed E-state index contributed by atoms with van der Waals surface area (Å²) >= 11 is 0. The second kappa shape index (κ2) is 8.35. The molecular formula is C22H28N2O3S. The third-order valence-electron chi connectivity index (χ3n) is 4.92. The number of hydrogen-bond donors (Lipinski definition) is 1. The van der Waals surface area contributed by atoms with E-state index in [4.69, 9.17) is 0 Å². The molecule has 0 aromatic heterocycles. The lowest BCUT2D eigenvalue weighted by Crippen LogP contribution is -2.36. The predicted octanol–water partition coefficient (Wildman–Crippen LogP) is 4.26. The van der Waals surface area contributed by atoms with Crippen LogP contribution in [-0.2, 0) is 27.0 Å².